The van der Waals surface area contributed by atoms with Gasteiger partial charge in [0.15, 0.2) is 0 Å². The number of rotatable bonds is 3. The maximum absolute atomic E-state index is 13.0. The summed E-state index contributed by atoms with van der Waals surface area (Å²) in [6, 6.07) is 19.4. The lowest BCUT2D eigenvalue weighted by Crippen LogP contribution is -2.45. The first-order valence-electron chi connectivity index (χ1n) is 10.7. The van der Waals surface area contributed by atoms with E-state index in [-0.39, 0.29) is 23.8 Å². The smallest absolute Gasteiger partial charge is 0.313 e. The molecular weight excluding hydrogens is 372 g/mol. The molecular formula is C26H28N2O2. The largest absolute Gasteiger partial charge is 0.469 e. The molecule has 154 valence electrons. The number of nitrogens with zero attached hydrogens (tertiary/aromatic N) is 2. The molecule has 1 fully saturated rings. The summed E-state index contributed by atoms with van der Waals surface area (Å²) in [6.45, 7) is 3.89. The van der Waals surface area contributed by atoms with Crippen LogP contribution in [0.15, 0.2) is 66.2 Å². The molecule has 1 saturated heterocycles. The van der Waals surface area contributed by atoms with E-state index >= 15 is 0 Å². The van der Waals surface area contributed by atoms with E-state index in [2.05, 4.69) is 84.1 Å². The number of aromatic nitrogens is 1. The summed E-state index contributed by atoms with van der Waals surface area (Å²) < 4.78 is 7.63. The third-order valence-electron chi connectivity index (χ3n) is 7.06. The number of aryl methyl sites for hydroxylation is 1. The number of benzene rings is 2. The van der Waals surface area contributed by atoms with Crippen molar-refractivity contribution in [3.8, 4) is 0 Å². The Bertz CT molecular complexity index is 1130. The fourth-order valence-corrected chi connectivity index (χ4v) is 5.71. The number of allylic oxidation sites excluding steroid dienone is 1. The highest BCUT2D eigenvalue weighted by Crippen LogP contribution is 2.53. The second-order valence-electron chi connectivity index (χ2n) is 8.49. The first-order chi connectivity index (χ1) is 14.6. The molecule has 1 aliphatic carbocycles. The predicted octanol–water partition coefficient (Wildman–Crippen LogP) is 4.96. The first kappa shape index (κ1) is 19.1. The van der Waals surface area contributed by atoms with Crippen molar-refractivity contribution in [3.05, 3.63) is 83.1 Å². The molecule has 3 aromatic rings. The summed E-state index contributed by atoms with van der Waals surface area (Å²) in [5, 5.41) is 1.18. The number of carbonyl (C=O) groups is 1. The minimum atomic E-state index is -0.238. The third kappa shape index (κ3) is 2.82. The average Bonchev–Trinajstić information content (AvgIpc) is 3.08. The summed E-state index contributed by atoms with van der Waals surface area (Å²) in [5.41, 5.74) is 6.29. The van der Waals surface area contributed by atoms with Crippen LogP contribution in [0, 0.1) is 5.92 Å². The van der Waals surface area contributed by atoms with E-state index in [0.29, 0.717) is 0 Å². The summed E-state index contributed by atoms with van der Waals surface area (Å²) in [6.07, 6.45) is 3.16. The molecule has 2 aromatic carbocycles. The zero-order valence-corrected chi connectivity index (χ0v) is 17.8. The number of para-hydroxylation sites is 1. The highest BCUT2D eigenvalue weighted by atomic mass is 16.5. The Kier molecular flexibility index (Phi) is 4.75. The van der Waals surface area contributed by atoms with Gasteiger partial charge in [0.25, 0.3) is 0 Å². The van der Waals surface area contributed by atoms with Crippen LogP contribution in [-0.2, 0) is 23.1 Å². The molecule has 4 nitrogen and oxygen atoms in total. The minimum Gasteiger partial charge on any atom is -0.469 e. The number of carbonyl (C=O) groups excluding carboxylic acids is 1. The van der Waals surface area contributed by atoms with Gasteiger partial charge in [0.2, 0.25) is 0 Å². The minimum absolute atomic E-state index is 0.119. The van der Waals surface area contributed by atoms with E-state index in [9.17, 15) is 4.79 Å². The zero-order valence-electron chi connectivity index (χ0n) is 17.8. The van der Waals surface area contributed by atoms with Crippen LogP contribution in [0.4, 0.5) is 0 Å². The van der Waals surface area contributed by atoms with Crippen LogP contribution in [0.2, 0.25) is 0 Å². The summed E-state index contributed by atoms with van der Waals surface area (Å²) in [5.74, 6) is -0.165. The van der Waals surface area contributed by atoms with Crippen molar-refractivity contribution in [2.24, 2.45) is 13.0 Å². The van der Waals surface area contributed by atoms with Gasteiger partial charge in [-0.1, -0.05) is 60.2 Å². The lowest BCUT2D eigenvalue weighted by atomic mass is 9.68. The first-order valence-corrected chi connectivity index (χ1v) is 10.7. The number of ether oxygens (including phenoxy) is 1. The summed E-state index contributed by atoms with van der Waals surface area (Å²) in [4.78, 5) is 15.6. The monoisotopic (exact) mass is 400 g/mol. The van der Waals surface area contributed by atoms with Gasteiger partial charge in [0.05, 0.1) is 19.1 Å². The highest BCUT2D eigenvalue weighted by molar-refractivity contribution is 5.93. The molecule has 30 heavy (non-hydrogen) atoms. The Morgan fingerprint density at radius 2 is 1.87 bits per heavy atom. The van der Waals surface area contributed by atoms with Gasteiger partial charge in [0, 0.05) is 42.7 Å². The van der Waals surface area contributed by atoms with E-state index in [0.717, 1.165) is 19.5 Å². The number of esters is 1. The maximum atomic E-state index is 13.0. The van der Waals surface area contributed by atoms with E-state index in [1.54, 1.807) is 0 Å². The van der Waals surface area contributed by atoms with Gasteiger partial charge in [-0.25, -0.2) is 0 Å². The summed E-state index contributed by atoms with van der Waals surface area (Å²) in [7, 11) is 3.65. The van der Waals surface area contributed by atoms with Crippen molar-refractivity contribution < 1.29 is 9.53 Å². The van der Waals surface area contributed by atoms with Gasteiger partial charge < -0.3 is 9.30 Å². The van der Waals surface area contributed by atoms with Crippen molar-refractivity contribution >= 4 is 16.9 Å². The normalized spacial score (nSPS) is 24.8. The number of hydrogen-bond acceptors (Lipinski definition) is 3. The molecule has 3 atom stereocenters. The Balaban J connectivity index is 1.71. The molecule has 0 saturated carbocycles. The second kappa shape index (κ2) is 7.44. The number of likely N-dealkylation sites (tertiary alicyclic amines) is 1. The molecule has 1 aliphatic heterocycles. The molecule has 0 radical (unpaired) electrons. The van der Waals surface area contributed by atoms with Gasteiger partial charge >= 0.3 is 5.97 Å². The predicted molar refractivity (Wildman–Crippen MR) is 119 cm³/mol. The Morgan fingerprint density at radius 1 is 1.13 bits per heavy atom. The Labute approximate surface area is 177 Å². The van der Waals surface area contributed by atoms with Crippen LogP contribution in [0.3, 0.4) is 0 Å². The molecule has 0 N–H and O–H groups in total. The molecule has 2 heterocycles. The zero-order chi connectivity index (χ0) is 20.8. The number of methoxy groups -OCH3 is 1. The van der Waals surface area contributed by atoms with Crippen molar-refractivity contribution in [1.29, 1.82) is 0 Å². The lowest BCUT2D eigenvalue weighted by Gasteiger charge is -2.47. The van der Waals surface area contributed by atoms with Crippen molar-refractivity contribution in [2.45, 2.75) is 31.8 Å². The SMILES string of the molecule is C/C=C1/CN(Cc2ccccc2)[C@@H]2C[C@H]1[C@H](C(=O)OC)c1c2n(C)c2ccccc12. The average molecular weight is 401 g/mol. The molecule has 0 amide bonds. The van der Waals surface area contributed by atoms with Gasteiger partial charge in [-0.3, -0.25) is 9.69 Å². The lowest BCUT2D eigenvalue weighted by molar-refractivity contribution is -0.144. The molecule has 2 aliphatic rings. The molecule has 0 unspecified atom stereocenters. The van der Waals surface area contributed by atoms with Crippen LogP contribution in [0.1, 0.15) is 42.1 Å². The number of hydrogen-bond donors (Lipinski definition) is 0. The molecule has 1 aromatic heterocycles. The van der Waals surface area contributed by atoms with E-state index in [4.69, 9.17) is 4.74 Å². The maximum Gasteiger partial charge on any atom is 0.313 e. The van der Waals surface area contributed by atoms with Crippen LogP contribution < -0.4 is 0 Å². The van der Waals surface area contributed by atoms with Crippen molar-refractivity contribution in [1.82, 2.24) is 9.47 Å². The van der Waals surface area contributed by atoms with Crippen LogP contribution in [0.5, 0.6) is 0 Å². The van der Waals surface area contributed by atoms with Gasteiger partial charge in [0.1, 0.15) is 0 Å². The quantitative estimate of drug-likeness (QED) is 0.460. The fourth-order valence-electron chi connectivity index (χ4n) is 5.71. The van der Waals surface area contributed by atoms with Gasteiger partial charge in [-0.05, 0) is 30.5 Å². The Hall–Kier alpha value is -2.85. The molecule has 4 heteroatoms. The molecule has 0 spiro atoms. The van der Waals surface area contributed by atoms with Crippen LogP contribution in [0.25, 0.3) is 10.9 Å². The third-order valence-corrected chi connectivity index (χ3v) is 7.06. The van der Waals surface area contributed by atoms with Crippen LogP contribution in [-0.4, -0.2) is 29.1 Å². The second-order valence-corrected chi connectivity index (χ2v) is 8.49. The standard InChI is InChI=1S/C26H28N2O2/c1-4-18-16-28(15-17-10-6-5-7-11-17)22-14-20(18)24(26(29)30-3)23-19-12-8-9-13-21(19)27(2)25(22)23/h4-13,20,22,24H,14-16H2,1-3H3/b18-4-/t20-,22-,24+/m1/s1. The highest BCUT2D eigenvalue weighted by Gasteiger charge is 2.48. The van der Waals surface area contributed by atoms with Gasteiger partial charge in [-0.15, -0.1) is 0 Å². The topological polar surface area (TPSA) is 34.5 Å². The van der Waals surface area contributed by atoms with Crippen molar-refractivity contribution in [3.63, 3.8) is 0 Å². The fraction of sp³-hybridized carbons (Fsp3) is 0.346. The van der Waals surface area contributed by atoms with Crippen molar-refractivity contribution in [2.75, 3.05) is 13.7 Å². The van der Waals surface area contributed by atoms with Crippen LogP contribution >= 0.6 is 0 Å². The van der Waals surface area contributed by atoms with E-state index < -0.39 is 0 Å². The number of fused-ring (bicyclic) bond motifs is 6. The van der Waals surface area contributed by atoms with E-state index in [1.807, 2.05) is 0 Å². The molecule has 2 bridgehead atoms. The van der Waals surface area contributed by atoms with Gasteiger partial charge in [-0.2, -0.15) is 0 Å². The number of piperidine rings is 1. The summed E-state index contributed by atoms with van der Waals surface area (Å²) >= 11 is 0. The molecule has 5 rings (SSSR count). The van der Waals surface area contributed by atoms with E-state index in [1.165, 1.54) is 40.4 Å². The Morgan fingerprint density at radius 3 is 2.60 bits per heavy atom.